The van der Waals surface area contributed by atoms with Gasteiger partial charge in [0.25, 0.3) is 0 Å². The summed E-state index contributed by atoms with van der Waals surface area (Å²) in [5, 5.41) is 2.79. The molecule has 19 heavy (non-hydrogen) atoms. The maximum Gasteiger partial charge on any atom is 0.237 e. The van der Waals surface area contributed by atoms with Crippen molar-refractivity contribution in [1.82, 2.24) is 10.2 Å². The third-order valence-corrected chi connectivity index (χ3v) is 3.34. The van der Waals surface area contributed by atoms with Gasteiger partial charge in [0, 0.05) is 18.7 Å². The van der Waals surface area contributed by atoms with Crippen LogP contribution < -0.4 is 5.32 Å². The van der Waals surface area contributed by atoms with Crippen LogP contribution in [-0.2, 0) is 4.79 Å². The molecular weight excluding hydrogens is 247 g/mol. The van der Waals surface area contributed by atoms with Crippen molar-refractivity contribution in [3.8, 4) is 0 Å². The first kappa shape index (κ1) is 13.7. The predicted molar refractivity (Wildman–Crippen MR) is 69.4 cm³/mol. The van der Waals surface area contributed by atoms with Gasteiger partial charge in [-0.1, -0.05) is 6.92 Å². The van der Waals surface area contributed by atoms with E-state index in [0.29, 0.717) is 25.1 Å². The van der Waals surface area contributed by atoms with E-state index in [1.165, 1.54) is 24.3 Å². The van der Waals surface area contributed by atoms with Gasteiger partial charge in [0.15, 0.2) is 5.78 Å². The van der Waals surface area contributed by atoms with Gasteiger partial charge in [-0.15, -0.1) is 0 Å². The fraction of sp³-hybridized carbons (Fsp3) is 0.429. The number of rotatable bonds is 4. The molecule has 1 amide bonds. The van der Waals surface area contributed by atoms with Gasteiger partial charge < -0.3 is 5.32 Å². The quantitative estimate of drug-likeness (QED) is 0.832. The molecule has 2 rings (SSSR count). The fourth-order valence-corrected chi connectivity index (χ4v) is 2.31. The molecule has 1 fully saturated rings. The second-order valence-electron chi connectivity index (χ2n) is 4.62. The summed E-state index contributed by atoms with van der Waals surface area (Å²) in [5.74, 6) is -0.478. The molecule has 1 N–H and O–H groups in total. The second kappa shape index (κ2) is 5.93. The van der Waals surface area contributed by atoms with Gasteiger partial charge in [-0.3, -0.25) is 14.5 Å². The lowest BCUT2D eigenvalue weighted by atomic mass is 10.1. The molecule has 5 heteroatoms. The topological polar surface area (TPSA) is 49.4 Å². The van der Waals surface area contributed by atoms with Crippen LogP contribution in [0.2, 0.25) is 0 Å². The third kappa shape index (κ3) is 3.17. The number of carbonyl (C=O) groups excluding carboxylic acids is 2. The van der Waals surface area contributed by atoms with Crippen molar-refractivity contribution in [1.29, 1.82) is 0 Å². The van der Waals surface area contributed by atoms with E-state index >= 15 is 0 Å². The molecular formula is C14H17FN2O2. The molecule has 4 nitrogen and oxygen atoms in total. The monoisotopic (exact) mass is 264 g/mol. The van der Waals surface area contributed by atoms with E-state index in [1.807, 2.05) is 11.8 Å². The molecule has 1 aliphatic heterocycles. The van der Waals surface area contributed by atoms with Gasteiger partial charge in [-0.25, -0.2) is 4.39 Å². The average molecular weight is 264 g/mol. The zero-order valence-corrected chi connectivity index (χ0v) is 10.9. The highest BCUT2D eigenvalue weighted by Gasteiger charge is 2.29. The Morgan fingerprint density at radius 2 is 2.11 bits per heavy atom. The number of nitrogens with zero attached hydrogens (tertiary/aromatic N) is 1. The number of halogens is 1. The lowest BCUT2D eigenvalue weighted by molar-refractivity contribution is -0.128. The molecule has 0 radical (unpaired) electrons. The highest BCUT2D eigenvalue weighted by molar-refractivity contribution is 5.98. The molecule has 1 atom stereocenters. The molecule has 0 spiro atoms. The normalized spacial score (nSPS) is 20.1. The maximum atomic E-state index is 12.8. The van der Waals surface area contributed by atoms with E-state index in [9.17, 15) is 14.0 Å². The molecule has 1 aromatic carbocycles. The van der Waals surface area contributed by atoms with Gasteiger partial charge in [0.1, 0.15) is 5.82 Å². The van der Waals surface area contributed by atoms with Crippen LogP contribution in [0.15, 0.2) is 24.3 Å². The minimum atomic E-state index is -0.361. The number of amides is 1. The summed E-state index contributed by atoms with van der Waals surface area (Å²) in [7, 11) is 0. The Balaban J connectivity index is 2.05. The standard InChI is InChI=1S/C14H17FN2O2/c1-2-12-14(19)16-7-8-17(12)9-13(18)10-3-5-11(15)6-4-10/h3-6,12H,2,7-9H2,1H3,(H,16,19). The zero-order valence-electron chi connectivity index (χ0n) is 10.9. The van der Waals surface area contributed by atoms with Crippen LogP contribution in [0.4, 0.5) is 4.39 Å². The number of hydrogen-bond acceptors (Lipinski definition) is 3. The molecule has 0 bridgehead atoms. The SMILES string of the molecule is CCC1C(=O)NCCN1CC(=O)c1ccc(F)cc1. The highest BCUT2D eigenvalue weighted by atomic mass is 19.1. The van der Waals surface area contributed by atoms with Crippen molar-refractivity contribution in [3.05, 3.63) is 35.6 Å². The molecule has 0 saturated carbocycles. The number of hydrogen-bond donors (Lipinski definition) is 1. The summed E-state index contributed by atoms with van der Waals surface area (Å²) >= 11 is 0. The van der Waals surface area contributed by atoms with Crippen LogP contribution in [0.25, 0.3) is 0 Å². The predicted octanol–water partition coefficient (Wildman–Crippen LogP) is 1.22. The third-order valence-electron chi connectivity index (χ3n) is 3.34. The van der Waals surface area contributed by atoms with Gasteiger partial charge in [-0.2, -0.15) is 0 Å². The second-order valence-corrected chi connectivity index (χ2v) is 4.62. The summed E-state index contributed by atoms with van der Waals surface area (Å²) < 4.78 is 12.8. The Hall–Kier alpha value is -1.75. The van der Waals surface area contributed by atoms with Crippen molar-refractivity contribution >= 4 is 11.7 Å². The number of nitrogens with one attached hydrogen (secondary N) is 1. The summed E-state index contributed by atoms with van der Waals surface area (Å²) in [4.78, 5) is 25.7. The summed E-state index contributed by atoms with van der Waals surface area (Å²) in [6, 6.07) is 5.24. The van der Waals surface area contributed by atoms with E-state index < -0.39 is 0 Å². The smallest absolute Gasteiger partial charge is 0.237 e. The van der Waals surface area contributed by atoms with Crippen molar-refractivity contribution < 1.29 is 14.0 Å². The lowest BCUT2D eigenvalue weighted by Gasteiger charge is -2.33. The van der Waals surface area contributed by atoms with E-state index in [1.54, 1.807) is 0 Å². The maximum absolute atomic E-state index is 12.8. The van der Waals surface area contributed by atoms with Crippen molar-refractivity contribution in [2.24, 2.45) is 0 Å². The molecule has 1 unspecified atom stereocenters. The van der Waals surface area contributed by atoms with Crippen LogP contribution in [0.1, 0.15) is 23.7 Å². The number of benzene rings is 1. The Morgan fingerprint density at radius 1 is 1.42 bits per heavy atom. The van der Waals surface area contributed by atoms with Crippen LogP contribution in [0, 0.1) is 5.82 Å². The van der Waals surface area contributed by atoms with E-state index in [2.05, 4.69) is 5.32 Å². The molecule has 0 aromatic heterocycles. The Labute approximate surface area is 111 Å². The van der Waals surface area contributed by atoms with E-state index in [-0.39, 0.29) is 30.1 Å². The average Bonchev–Trinajstić information content (AvgIpc) is 2.39. The van der Waals surface area contributed by atoms with Crippen LogP contribution in [-0.4, -0.2) is 42.3 Å². The Morgan fingerprint density at radius 3 is 2.74 bits per heavy atom. The first-order valence-electron chi connectivity index (χ1n) is 6.42. The summed E-state index contributed by atoms with van der Waals surface area (Å²) in [6.07, 6.45) is 0.669. The molecule has 102 valence electrons. The lowest BCUT2D eigenvalue weighted by Crippen LogP contribution is -2.56. The molecule has 1 aromatic rings. The van der Waals surface area contributed by atoms with Gasteiger partial charge in [-0.05, 0) is 30.7 Å². The number of piperazine rings is 1. The first-order chi connectivity index (χ1) is 9.11. The fourth-order valence-electron chi connectivity index (χ4n) is 2.31. The Kier molecular flexibility index (Phi) is 4.27. The van der Waals surface area contributed by atoms with Crippen molar-refractivity contribution in [2.75, 3.05) is 19.6 Å². The van der Waals surface area contributed by atoms with Crippen molar-refractivity contribution in [2.45, 2.75) is 19.4 Å². The number of ketones is 1. The summed E-state index contributed by atoms with van der Waals surface area (Å²) in [6.45, 7) is 3.34. The van der Waals surface area contributed by atoms with Crippen LogP contribution >= 0.6 is 0 Å². The minimum Gasteiger partial charge on any atom is -0.353 e. The van der Waals surface area contributed by atoms with E-state index in [0.717, 1.165) is 0 Å². The number of carbonyl (C=O) groups is 2. The Bertz CT molecular complexity index is 473. The summed E-state index contributed by atoms with van der Waals surface area (Å²) in [5.41, 5.74) is 0.474. The van der Waals surface area contributed by atoms with E-state index in [4.69, 9.17) is 0 Å². The molecule has 1 heterocycles. The molecule has 1 aliphatic rings. The minimum absolute atomic E-state index is 0.0272. The number of Topliss-reactive ketones (excluding diaryl/α,β-unsaturated/α-hetero) is 1. The van der Waals surface area contributed by atoms with Crippen LogP contribution in [0.3, 0.4) is 0 Å². The molecule has 0 aliphatic carbocycles. The molecule has 1 saturated heterocycles. The zero-order chi connectivity index (χ0) is 13.8. The van der Waals surface area contributed by atoms with Gasteiger partial charge in [0.2, 0.25) is 5.91 Å². The highest BCUT2D eigenvalue weighted by Crippen LogP contribution is 2.11. The van der Waals surface area contributed by atoms with Crippen LogP contribution in [0.5, 0.6) is 0 Å². The van der Waals surface area contributed by atoms with Gasteiger partial charge >= 0.3 is 0 Å². The largest absolute Gasteiger partial charge is 0.353 e. The van der Waals surface area contributed by atoms with Crippen molar-refractivity contribution in [3.63, 3.8) is 0 Å². The van der Waals surface area contributed by atoms with Gasteiger partial charge in [0.05, 0.1) is 12.6 Å². The first-order valence-corrected chi connectivity index (χ1v) is 6.42.